The van der Waals surface area contributed by atoms with Crippen LogP contribution in [0.1, 0.15) is 27.4 Å². The van der Waals surface area contributed by atoms with Crippen LogP contribution >= 0.6 is 0 Å². The van der Waals surface area contributed by atoms with Gasteiger partial charge in [-0.15, -0.1) is 0 Å². The summed E-state index contributed by atoms with van der Waals surface area (Å²) in [5, 5.41) is 2.08. The molecule has 5 rings (SSSR count). The Kier molecular flexibility index (Phi) is 8.71. The largest absolute Gasteiger partial charge is 0.464 e. The van der Waals surface area contributed by atoms with Crippen LogP contribution in [0.25, 0.3) is 10.8 Å². The van der Waals surface area contributed by atoms with Crippen LogP contribution in [-0.4, -0.2) is 72.5 Å². The van der Waals surface area contributed by atoms with E-state index in [1.54, 1.807) is 9.80 Å². The molecule has 7 heteroatoms. The number of aryl methyl sites for hydroxylation is 1. The van der Waals surface area contributed by atoms with Crippen molar-refractivity contribution in [2.45, 2.75) is 20.0 Å². The van der Waals surface area contributed by atoms with Crippen LogP contribution in [0.15, 0.2) is 89.3 Å². The average molecular weight is 526 g/mol. The third-order valence-corrected chi connectivity index (χ3v) is 7.11. The molecule has 0 aliphatic carbocycles. The zero-order chi connectivity index (χ0) is 27.0. The van der Waals surface area contributed by atoms with Crippen molar-refractivity contribution in [1.29, 1.82) is 0 Å². The number of carbonyl (C=O) groups excluding carboxylic acids is 2. The molecule has 7 nitrogen and oxygen atoms in total. The molecular formula is C32H35N3O4. The molecule has 3 aromatic carbocycles. The fraction of sp³-hybridized carbons (Fsp3) is 0.312. The number of hydrogen-bond donors (Lipinski definition) is 0. The van der Waals surface area contributed by atoms with E-state index in [-0.39, 0.29) is 18.4 Å². The van der Waals surface area contributed by atoms with Crippen LogP contribution in [0.5, 0.6) is 0 Å². The smallest absolute Gasteiger partial charge is 0.254 e. The molecular weight excluding hydrogens is 490 g/mol. The Morgan fingerprint density at radius 2 is 1.56 bits per heavy atom. The van der Waals surface area contributed by atoms with Gasteiger partial charge in [0, 0.05) is 38.3 Å². The highest BCUT2D eigenvalue weighted by Crippen LogP contribution is 2.18. The molecule has 0 N–H and O–H groups in total. The van der Waals surface area contributed by atoms with E-state index in [1.165, 1.54) is 0 Å². The summed E-state index contributed by atoms with van der Waals surface area (Å²) >= 11 is 0. The molecule has 0 atom stereocenters. The molecule has 0 radical (unpaired) electrons. The molecule has 4 aromatic rings. The van der Waals surface area contributed by atoms with Gasteiger partial charge in [0.15, 0.2) is 0 Å². The van der Waals surface area contributed by atoms with Crippen LogP contribution in [0.4, 0.5) is 0 Å². The number of fused-ring (bicyclic) bond motifs is 1. The number of nitrogens with zero attached hydrogens (tertiary/aromatic N) is 3. The fourth-order valence-corrected chi connectivity index (χ4v) is 4.90. The van der Waals surface area contributed by atoms with Gasteiger partial charge >= 0.3 is 0 Å². The van der Waals surface area contributed by atoms with E-state index in [9.17, 15) is 9.59 Å². The fourth-order valence-electron chi connectivity index (χ4n) is 4.90. The average Bonchev–Trinajstić information content (AvgIpc) is 3.39. The number of furan rings is 1. The molecule has 2 amide bonds. The van der Waals surface area contributed by atoms with Crippen molar-refractivity contribution >= 4 is 22.6 Å². The normalized spacial score (nSPS) is 13.9. The standard InChI is InChI=1S/C32H35N3O4/c1-25-11-14-30(39-25)23-35(22-26-7-3-2-4-8-26)31(36)24-34(16-15-33-17-19-38-20-18-33)32(37)29-13-12-27-9-5-6-10-28(27)21-29/h2-14,21H,15-20,22-24H2,1H3. The summed E-state index contributed by atoms with van der Waals surface area (Å²) in [6, 6.07) is 27.4. The van der Waals surface area contributed by atoms with Gasteiger partial charge in [-0.25, -0.2) is 0 Å². The van der Waals surface area contributed by atoms with Gasteiger partial charge in [0.2, 0.25) is 5.91 Å². The topological polar surface area (TPSA) is 66.2 Å². The third kappa shape index (κ3) is 7.13. The Balaban J connectivity index is 1.37. The van der Waals surface area contributed by atoms with Crippen LogP contribution in [0.2, 0.25) is 0 Å². The summed E-state index contributed by atoms with van der Waals surface area (Å²) in [7, 11) is 0. The molecule has 1 aromatic heterocycles. The van der Waals surface area contributed by atoms with Crippen molar-refractivity contribution in [3.05, 3.63) is 108 Å². The van der Waals surface area contributed by atoms with Crippen LogP contribution in [-0.2, 0) is 22.6 Å². The summed E-state index contributed by atoms with van der Waals surface area (Å²) in [5.74, 6) is 1.26. The van der Waals surface area contributed by atoms with E-state index in [2.05, 4.69) is 4.90 Å². The summed E-state index contributed by atoms with van der Waals surface area (Å²) in [4.78, 5) is 33.4. The van der Waals surface area contributed by atoms with Crippen molar-refractivity contribution in [2.24, 2.45) is 0 Å². The van der Waals surface area contributed by atoms with E-state index in [4.69, 9.17) is 9.15 Å². The lowest BCUT2D eigenvalue weighted by atomic mass is 10.1. The van der Waals surface area contributed by atoms with Gasteiger partial charge in [-0.1, -0.05) is 60.7 Å². The molecule has 1 aliphatic heterocycles. The monoisotopic (exact) mass is 525 g/mol. The lowest BCUT2D eigenvalue weighted by molar-refractivity contribution is -0.133. The van der Waals surface area contributed by atoms with E-state index in [0.29, 0.717) is 45.0 Å². The predicted molar refractivity (Wildman–Crippen MR) is 151 cm³/mol. The number of benzene rings is 3. The highest BCUT2D eigenvalue weighted by atomic mass is 16.5. The lowest BCUT2D eigenvalue weighted by Crippen LogP contribution is -2.47. The predicted octanol–water partition coefficient (Wildman–Crippen LogP) is 4.74. The minimum Gasteiger partial charge on any atom is -0.464 e. The Morgan fingerprint density at radius 3 is 2.31 bits per heavy atom. The number of rotatable bonds is 10. The Morgan fingerprint density at radius 1 is 0.821 bits per heavy atom. The van der Waals surface area contributed by atoms with Gasteiger partial charge in [0.1, 0.15) is 18.1 Å². The molecule has 2 heterocycles. The summed E-state index contributed by atoms with van der Waals surface area (Å²) in [5.41, 5.74) is 1.61. The van der Waals surface area contributed by atoms with Crippen LogP contribution < -0.4 is 0 Å². The van der Waals surface area contributed by atoms with Crippen molar-refractivity contribution < 1.29 is 18.7 Å². The SMILES string of the molecule is Cc1ccc(CN(Cc2ccccc2)C(=O)CN(CCN2CCOCC2)C(=O)c2ccc3ccccc3c2)o1. The van der Waals surface area contributed by atoms with Gasteiger partial charge in [-0.2, -0.15) is 0 Å². The summed E-state index contributed by atoms with van der Waals surface area (Å²) < 4.78 is 11.3. The zero-order valence-corrected chi connectivity index (χ0v) is 22.4. The van der Waals surface area contributed by atoms with Crippen LogP contribution in [0, 0.1) is 6.92 Å². The molecule has 0 bridgehead atoms. The van der Waals surface area contributed by atoms with E-state index in [0.717, 1.165) is 40.9 Å². The third-order valence-electron chi connectivity index (χ3n) is 7.11. The second kappa shape index (κ2) is 12.7. The van der Waals surface area contributed by atoms with Crippen LogP contribution in [0.3, 0.4) is 0 Å². The number of ether oxygens (including phenoxy) is 1. The molecule has 0 spiro atoms. The number of hydrogen-bond acceptors (Lipinski definition) is 5. The minimum atomic E-state index is -0.143. The lowest BCUT2D eigenvalue weighted by Gasteiger charge is -2.31. The number of carbonyl (C=O) groups is 2. The Bertz CT molecular complexity index is 1390. The first-order chi connectivity index (χ1) is 19.0. The maximum absolute atomic E-state index is 13.8. The molecule has 1 saturated heterocycles. The molecule has 0 saturated carbocycles. The molecule has 202 valence electrons. The van der Waals surface area contributed by atoms with Crippen molar-refractivity contribution in [1.82, 2.24) is 14.7 Å². The highest BCUT2D eigenvalue weighted by Gasteiger charge is 2.25. The maximum Gasteiger partial charge on any atom is 0.254 e. The van der Waals surface area contributed by atoms with Crippen molar-refractivity contribution in [2.75, 3.05) is 45.9 Å². The van der Waals surface area contributed by atoms with E-state index < -0.39 is 0 Å². The quantitative estimate of drug-likeness (QED) is 0.299. The highest BCUT2D eigenvalue weighted by molar-refractivity contribution is 6.00. The Hall–Kier alpha value is -3.94. The second-order valence-corrected chi connectivity index (χ2v) is 9.99. The first-order valence-electron chi connectivity index (χ1n) is 13.5. The van der Waals surface area contributed by atoms with Crippen molar-refractivity contribution in [3.63, 3.8) is 0 Å². The number of morpholine rings is 1. The van der Waals surface area contributed by atoms with Gasteiger partial charge in [0.05, 0.1) is 19.8 Å². The van der Waals surface area contributed by atoms with Gasteiger partial charge in [0.25, 0.3) is 5.91 Å². The summed E-state index contributed by atoms with van der Waals surface area (Å²) in [6.07, 6.45) is 0. The minimum absolute atomic E-state index is 0.0114. The van der Waals surface area contributed by atoms with E-state index >= 15 is 0 Å². The van der Waals surface area contributed by atoms with Gasteiger partial charge < -0.3 is 19.0 Å². The summed E-state index contributed by atoms with van der Waals surface area (Å²) in [6.45, 7) is 6.81. The molecule has 0 unspecified atom stereocenters. The molecule has 1 fully saturated rings. The Labute approximate surface area is 229 Å². The zero-order valence-electron chi connectivity index (χ0n) is 22.4. The first kappa shape index (κ1) is 26.7. The van der Waals surface area contributed by atoms with Crippen molar-refractivity contribution in [3.8, 4) is 0 Å². The maximum atomic E-state index is 13.8. The van der Waals surface area contributed by atoms with Gasteiger partial charge in [-0.3, -0.25) is 14.5 Å². The molecule has 1 aliphatic rings. The van der Waals surface area contributed by atoms with E-state index in [1.807, 2.05) is 91.9 Å². The second-order valence-electron chi connectivity index (χ2n) is 9.99. The first-order valence-corrected chi connectivity index (χ1v) is 13.5. The number of amides is 2. The molecule has 39 heavy (non-hydrogen) atoms. The van der Waals surface area contributed by atoms with Gasteiger partial charge in [-0.05, 0) is 47.5 Å².